The lowest BCUT2D eigenvalue weighted by Crippen LogP contribution is -2.31. The van der Waals surface area contributed by atoms with Gasteiger partial charge in [0.1, 0.15) is 0 Å². The van der Waals surface area contributed by atoms with Crippen LogP contribution in [0.1, 0.15) is 33.1 Å². The molecule has 0 rings (SSSR count). The van der Waals surface area contributed by atoms with E-state index in [4.69, 9.17) is 4.74 Å². The molecule has 0 saturated carbocycles. The van der Waals surface area contributed by atoms with Gasteiger partial charge in [-0.15, -0.1) is 0 Å². The number of carbonyl (C=O) groups excluding carboxylic acids is 1. The van der Waals surface area contributed by atoms with Crippen molar-refractivity contribution in [2.24, 2.45) is 0 Å². The monoisotopic (exact) mass is 159 g/mol. The topological polar surface area (TPSA) is 38.3 Å². The zero-order valence-corrected chi connectivity index (χ0v) is 7.30. The second-order valence-electron chi connectivity index (χ2n) is 2.44. The normalized spacial score (nSPS) is 12.5. The molecule has 0 amide bonds. The molecule has 1 N–H and O–H groups in total. The summed E-state index contributed by atoms with van der Waals surface area (Å²) < 4.78 is 4.75. The van der Waals surface area contributed by atoms with Gasteiger partial charge in [0.25, 0.3) is 6.47 Å². The van der Waals surface area contributed by atoms with Crippen LogP contribution in [0.15, 0.2) is 0 Å². The van der Waals surface area contributed by atoms with Gasteiger partial charge in [-0.3, -0.25) is 10.1 Å². The molecule has 66 valence electrons. The van der Waals surface area contributed by atoms with Crippen molar-refractivity contribution in [3.63, 3.8) is 0 Å². The minimum Gasteiger partial charge on any atom is -0.449 e. The van der Waals surface area contributed by atoms with Crippen molar-refractivity contribution in [2.75, 3.05) is 6.54 Å². The van der Waals surface area contributed by atoms with Gasteiger partial charge in [-0.1, -0.05) is 20.3 Å². The van der Waals surface area contributed by atoms with E-state index in [2.05, 4.69) is 12.2 Å². The summed E-state index contributed by atoms with van der Waals surface area (Å²) in [6, 6.07) is 0. The predicted molar refractivity (Wildman–Crippen MR) is 44.1 cm³/mol. The summed E-state index contributed by atoms with van der Waals surface area (Å²) in [5, 5.41) is 3.12. The van der Waals surface area contributed by atoms with Crippen LogP contribution in [0.5, 0.6) is 0 Å². The van der Waals surface area contributed by atoms with Crippen LogP contribution in [0.3, 0.4) is 0 Å². The molecule has 0 fully saturated rings. The number of carbonyl (C=O) groups is 1. The van der Waals surface area contributed by atoms with Crippen molar-refractivity contribution in [3.05, 3.63) is 0 Å². The van der Waals surface area contributed by atoms with E-state index >= 15 is 0 Å². The lowest BCUT2D eigenvalue weighted by molar-refractivity contribution is -0.135. The molecular formula is C8H17NO2. The maximum absolute atomic E-state index is 9.94. The standard InChI is InChI=1S/C8H17NO2/c1-3-5-6-9-8(4-2)11-7-10/h7-9H,3-6H2,1-2H3. The van der Waals surface area contributed by atoms with Crippen LogP contribution in [0, 0.1) is 0 Å². The number of hydrogen-bond acceptors (Lipinski definition) is 3. The Balaban J connectivity index is 3.27. The van der Waals surface area contributed by atoms with Crippen LogP contribution in [0.4, 0.5) is 0 Å². The van der Waals surface area contributed by atoms with E-state index < -0.39 is 0 Å². The van der Waals surface area contributed by atoms with Gasteiger partial charge in [0.15, 0.2) is 6.23 Å². The van der Waals surface area contributed by atoms with Gasteiger partial charge in [-0.25, -0.2) is 0 Å². The lowest BCUT2D eigenvalue weighted by atomic mass is 10.3. The Labute approximate surface area is 68.1 Å². The number of ether oxygens (including phenoxy) is 1. The van der Waals surface area contributed by atoms with Crippen LogP contribution in [0.25, 0.3) is 0 Å². The van der Waals surface area contributed by atoms with E-state index in [1.54, 1.807) is 0 Å². The highest BCUT2D eigenvalue weighted by Gasteiger charge is 2.02. The zero-order chi connectivity index (χ0) is 8.53. The second kappa shape index (κ2) is 7.54. The van der Waals surface area contributed by atoms with Crippen LogP contribution in [-0.2, 0) is 9.53 Å². The molecule has 3 nitrogen and oxygen atoms in total. The van der Waals surface area contributed by atoms with Crippen LogP contribution >= 0.6 is 0 Å². The highest BCUT2D eigenvalue weighted by molar-refractivity contribution is 5.37. The summed E-state index contributed by atoms with van der Waals surface area (Å²) in [4.78, 5) is 9.94. The molecule has 0 saturated heterocycles. The van der Waals surface area contributed by atoms with E-state index in [1.807, 2.05) is 6.92 Å². The van der Waals surface area contributed by atoms with Crippen molar-refractivity contribution in [3.8, 4) is 0 Å². The second-order valence-corrected chi connectivity index (χ2v) is 2.44. The quantitative estimate of drug-likeness (QED) is 0.345. The van der Waals surface area contributed by atoms with Gasteiger partial charge in [-0.05, 0) is 19.4 Å². The molecule has 0 aliphatic carbocycles. The molecular weight excluding hydrogens is 142 g/mol. The molecule has 0 aromatic heterocycles. The third-order valence-corrected chi connectivity index (χ3v) is 1.49. The number of nitrogens with one attached hydrogen (secondary N) is 1. The average molecular weight is 159 g/mol. The predicted octanol–water partition coefficient (Wildman–Crippen LogP) is 1.29. The van der Waals surface area contributed by atoms with E-state index in [-0.39, 0.29) is 6.23 Å². The molecule has 0 heterocycles. The van der Waals surface area contributed by atoms with Gasteiger partial charge in [0, 0.05) is 0 Å². The zero-order valence-electron chi connectivity index (χ0n) is 7.30. The molecule has 0 aliphatic rings. The lowest BCUT2D eigenvalue weighted by Gasteiger charge is -2.13. The summed E-state index contributed by atoms with van der Waals surface area (Å²) in [7, 11) is 0. The Morgan fingerprint density at radius 3 is 2.73 bits per heavy atom. The summed E-state index contributed by atoms with van der Waals surface area (Å²) >= 11 is 0. The average Bonchev–Trinajstić information content (AvgIpc) is 2.03. The van der Waals surface area contributed by atoms with Crippen molar-refractivity contribution in [2.45, 2.75) is 39.3 Å². The van der Waals surface area contributed by atoms with Gasteiger partial charge < -0.3 is 4.74 Å². The summed E-state index contributed by atoms with van der Waals surface area (Å²) in [5.41, 5.74) is 0. The first-order valence-electron chi connectivity index (χ1n) is 4.17. The fourth-order valence-electron chi connectivity index (χ4n) is 0.796. The first-order chi connectivity index (χ1) is 5.35. The van der Waals surface area contributed by atoms with Gasteiger partial charge >= 0.3 is 0 Å². The summed E-state index contributed by atoms with van der Waals surface area (Å²) in [6.07, 6.45) is 3.00. The molecule has 1 atom stereocenters. The molecule has 0 aromatic carbocycles. The molecule has 0 bridgehead atoms. The first-order valence-corrected chi connectivity index (χ1v) is 4.17. The highest BCUT2D eigenvalue weighted by atomic mass is 16.5. The molecule has 1 unspecified atom stereocenters. The van der Waals surface area contributed by atoms with Crippen molar-refractivity contribution in [1.29, 1.82) is 0 Å². The molecule has 0 spiro atoms. The van der Waals surface area contributed by atoms with Crippen molar-refractivity contribution in [1.82, 2.24) is 5.32 Å². The summed E-state index contributed by atoms with van der Waals surface area (Å²) in [5.74, 6) is 0. The Bertz CT molecular complexity index is 96.1. The van der Waals surface area contributed by atoms with E-state index in [0.717, 1.165) is 25.8 Å². The highest BCUT2D eigenvalue weighted by Crippen LogP contribution is 1.92. The number of hydrogen-bond donors (Lipinski definition) is 1. The van der Waals surface area contributed by atoms with E-state index in [1.165, 1.54) is 0 Å². The third-order valence-electron chi connectivity index (χ3n) is 1.49. The maximum Gasteiger partial charge on any atom is 0.294 e. The number of unbranched alkanes of at least 4 members (excludes halogenated alkanes) is 1. The molecule has 3 heteroatoms. The maximum atomic E-state index is 9.94. The van der Waals surface area contributed by atoms with Gasteiger partial charge in [0.05, 0.1) is 0 Å². The molecule has 0 radical (unpaired) electrons. The minimum atomic E-state index is -0.0981. The van der Waals surface area contributed by atoms with Gasteiger partial charge in [0.2, 0.25) is 0 Å². The number of rotatable bonds is 7. The van der Waals surface area contributed by atoms with E-state index in [9.17, 15) is 4.79 Å². The minimum absolute atomic E-state index is 0.0981. The van der Waals surface area contributed by atoms with Crippen LogP contribution < -0.4 is 5.32 Å². The van der Waals surface area contributed by atoms with Gasteiger partial charge in [-0.2, -0.15) is 0 Å². The smallest absolute Gasteiger partial charge is 0.294 e. The fraction of sp³-hybridized carbons (Fsp3) is 0.875. The third kappa shape index (κ3) is 5.85. The SMILES string of the molecule is CCCCNC(CC)OC=O. The molecule has 11 heavy (non-hydrogen) atoms. The Hall–Kier alpha value is -0.570. The van der Waals surface area contributed by atoms with E-state index in [0.29, 0.717) is 6.47 Å². The summed E-state index contributed by atoms with van der Waals surface area (Å²) in [6.45, 7) is 5.52. The van der Waals surface area contributed by atoms with Crippen LogP contribution in [-0.4, -0.2) is 19.2 Å². The largest absolute Gasteiger partial charge is 0.449 e. The Kier molecular flexibility index (Phi) is 7.15. The molecule has 0 aromatic rings. The van der Waals surface area contributed by atoms with Crippen molar-refractivity contribution >= 4 is 6.47 Å². The van der Waals surface area contributed by atoms with Crippen LogP contribution in [0.2, 0.25) is 0 Å². The Morgan fingerprint density at radius 2 is 2.27 bits per heavy atom. The first kappa shape index (κ1) is 10.4. The fourth-order valence-corrected chi connectivity index (χ4v) is 0.796. The molecule has 0 aliphatic heterocycles. The van der Waals surface area contributed by atoms with Crippen molar-refractivity contribution < 1.29 is 9.53 Å². The Morgan fingerprint density at radius 1 is 1.55 bits per heavy atom.